The zero-order valence-electron chi connectivity index (χ0n) is 15.9. The first kappa shape index (κ1) is 20.5. The Morgan fingerprint density at radius 3 is 2.52 bits per heavy atom. The highest BCUT2D eigenvalue weighted by atomic mass is 79.9. The maximum absolute atomic E-state index is 13.0. The van der Waals surface area contributed by atoms with E-state index >= 15 is 0 Å². The molecule has 1 aliphatic rings. The first-order valence-corrected chi connectivity index (χ1v) is 9.68. The van der Waals surface area contributed by atoms with Crippen molar-refractivity contribution in [2.45, 2.75) is 12.8 Å². The number of rotatable bonds is 5. The molecule has 2 N–H and O–H groups in total. The molecular formula is C22H19BrN2O4. The van der Waals surface area contributed by atoms with Gasteiger partial charge >= 0.3 is 5.97 Å². The summed E-state index contributed by atoms with van der Waals surface area (Å²) < 4.78 is 17.0. The average Bonchev–Trinajstić information content (AvgIpc) is 2.73. The van der Waals surface area contributed by atoms with Gasteiger partial charge in [0.05, 0.1) is 25.2 Å². The molecule has 0 bridgehead atoms. The van der Waals surface area contributed by atoms with Crippen molar-refractivity contribution in [2.75, 3.05) is 13.7 Å². The molecule has 6 nitrogen and oxygen atoms in total. The van der Waals surface area contributed by atoms with Crippen LogP contribution in [0.1, 0.15) is 24.0 Å². The van der Waals surface area contributed by atoms with Crippen LogP contribution >= 0.6 is 15.9 Å². The second-order valence-electron chi connectivity index (χ2n) is 6.14. The molecule has 0 saturated carbocycles. The lowest BCUT2D eigenvalue weighted by Crippen LogP contribution is -2.26. The number of carbonyl (C=O) groups is 1. The summed E-state index contributed by atoms with van der Waals surface area (Å²) in [6.45, 7) is 1.90. The van der Waals surface area contributed by atoms with Crippen LogP contribution in [0.5, 0.6) is 5.75 Å². The molecule has 148 valence electrons. The summed E-state index contributed by atoms with van der Waals surface area (Å²) in [5.74, 6) is -0.443. The van der Waals surface area contributed by atoms with E-state index < -0.39 is 11.9 Å². The van der Waals surface area contributed by atoms with Crippen LogP contribution in [0.25, 0.3) is 5.76 Å². The lowest BCUT2D eigenvalue weighted by molar-refractivity contribution is -0.138. The molecule has 0 spiro atoms. The predicted octanol–water partition coefficient (Wildman–Crippen LogP) is 4.24. The second-order valence-corrected chi connectivity index (χ2v) is 6.99. The Bertz CT molecular complexity index is 1040. The standard InChI is InChI=1S/C22H19BrN2O4/c1-3-28-22(26)19-18(15-6-4-5-7-17(15)23)16(12-24)21(25)29-20(19)13-8-10-14(27-2)11-9-13/h4-11,18H,3,25H2,1-2H3. The first-order chi connectivity index (χ1) is 14.0. The van der Waals surface area contributed by atoms with Crippen molar-refractivity contribution in [1.82, 2.24) is 0 Å². The van der Waals surface area contributed by atoms with Crippen LogP contribution in [0.4, 0.5) is 0 Å². The van der Waals surface area contributed by atoms with E-state index in [1.165, 1.54) is 0 Å². The quantitative estimate of drug-likeness (QED) is 0.678. The highest BCUT2D eigenvalue weighted by Crippen LogP contribution is 2.44. The van der Waals surface area contributed by atoms with Gasteiger partial charge in [0.25, 0.3) is 0 Å². The summed E-state index contributed by atoms with van der Waals surface area (Å²) >= 11 is 3.51. The summed E-state index contributed by atoms with van der Waals surface area (Å²) in [6.07, 6.45) is 0. The van der Waals surface area contributed by atoms with E-state index in [-0.39, 0.29) is 29.4 Å². The van der Waals surface area contributed by atoms with Gasteiger partial charge in [-0.3, -0.25) is 0 Å². The van der Waals surface area contributed by atoms with Crippen LogP contribution < -0.4 is 10.5 Å². The highest BCUT2D eigenvalue weighted by Gasteiger charge is 2.39. The van der Waals surface area contributed by atoms with Gasteiger partial charge in [-0.1, -0.05) is 34.1 Å². The molecule has 2 aromatic carbocycles. The topological polar surface area (TPSA) is 94.6 Å². The van der Waals surface area contributed by atoms with Gasteiger partial charge in [0.15, 0.2) is 0 Å². The molecule has 0 fully saturated rings. The molecule has 3 rings (SSSR count). The predicted molar refractivity (Wildman–Crippen MR) is 111 cm³/mol. The number of benzene rings is 2. The fourth-order valence-electron chi connectivity index (χ4n) is 3.15. The van der Waals surface area contributed by atoms with Gasteiger partial charge < -0.3 is 19.9 Å². The van der Waals surface area contributed by atoms with Gasteiger partial charge in [0, 0.05) is 10.0 Å². The van der Waals surface area contributed by atoms with Crippen molar-refractivity contribution in [2.24, 2.45) is 5.73 Å². The van der Waals surface area contributed by atoms with Crippen molar-refractivity contribution >= 4 is 27.7 Å². The summed E-state index contributed by atoms with van der Waals surface area (Å²) in [7, 11) is 1.57. The number of ether oxygens (including phenoxy) is 3. The molecule has 2 aromatic rings. The Balaban J connectivity index is 2.28. The van der Waals surface area contributed by atoms with Crippen molar-refractivity contribution < 1.29 is 19.0 Å². The van der Waals surface area contributed by atoms with Crippen LogP contribution in [0, 0.1) is 11.3 Å². The number of halogens is 1. The number of carbonyl (C=O) groups excluding carboxylic acids is 1. The molecule has 0 saturated heterocycles. The van der Waals surface area contributed by atoms with E-state index in [2.05, 4.69) is 22.0 Å². The summed E-state index contributed by atoms with van der Waals surface area (Å²) in [6, 6.07) is 16.5. The van der Waals surface area contributed by atoms with E-state index in [9.17, 15) is 10.1 Å². The number of nitrogens with zero attached hydrogens (tertiary/aromatic N) is 1. The molecule has 1 heterocycles. The molecule has 0 radical (unpaired) electrons. The van der Waals surface area contributed by atoms with Crippen molar-refractivity contribution in [3.63, 3.8) is 0 Å². The number of hydrogen-bond acceptors (Lipinski definition) is 6. The minimum Gasteiger partial charge on any atom is -0.497 e. The number of hydrogen-bond donors (Lipinski definition) is 1. The SMILES string of the molecule is CCOC(=O)C1=C(c2ccc(OC)cc2)OC(N)=C(C#N)C1c1ccccc1Br. The lowest BCUT2D eigenvalue weighted by Gasteiger charge is -2.28. The number of nitrogens with two attached hydrogens (primary N) is 1. The Labute approximate surface area is 177 Å². The summed E-state index contributed by atoms with van der Waals surface area (Å²) in [5, 5.41) is 9.76. The molecule has 0 aliphatic carbocycles. The van der Waals surface area contributed by atoms with Crippen LogP contribution in [0.15, 0.2) is 70.0 Å². The maximum Gasteiger partial charge on any atom is 0.338 e. The zero-order chi connectivity index (χ0) is 21.0. The van der Waals surface area contributed by atoms with Crippen LogP contribution in [-0.4, -0.2) is 19.7 Å². The van der Waals surface area contributed by atoms with Crippen LogP contribution in [-0.2, 0) is 14.3 Å². The van der Waals surface area contributed by atoms with E-state index in [0.29, 0.717) is 16.9 Å². The van der Waals surface area contributed by atoms with Gasteiger partial charge in [-0.2, -0.15) is 5.26 Å². The minimum atomic E-state index is -0.736. The smallest absolute Gasteiger partial charge is 0.338 e. The number of methoxy groups -OCH3 is 1. The lowest BCUT2D eigenvalue weighted by atomic mass is 9.82. The Hall–Kier alpha value is -3.24. The van der Waals surface area contributed by atoms with Crippen LogP contribution in [0.2, 0.25) is 0 Å². The molecule has 0 amide bonds. The van der Waals surface area contributed by atoms with E-state index in [1.54, 1.807) is 38.3 Å². The van der Waals surface area contributed by atoms with Crippen molar-refractivity contribution in [1.29, 1.82) is 5.26 Å². The van der Waals surface area contributed by atoms with Gasteiger partial charge in [-0.25, -0.2) is 4.79 Å². The van der Waals surface area contributed by atoms with E-state index in [1.807, 2.05) is 24.3 Å². The third kappa shape index (κ3) is 3.98. The Kier molecular flexibility index (Phi) is 6.25. The molecular weight excluding hydrogens is 436 g/mol. The van der Waals surface area contributed by atoms with Crippen molar-refractivity contribution in [3.8, 4) is 11.8 Å². The average molecular weight is 455 g/mol. The third-order valence-corrected chi connectivity index (χ3v) is 5.21. The summed E-state index contributed by atoms with van der Waals surface area (Å²) in [4.78, 5) is 13.0. The number of allylic oxidation sites excluding steroid dienone is 1. The number of nitriles is 1. The maximum atomic E-state index is 13.0. The van der Waals surface area contributed by atoms with E-state index in [4.69, 9.17) is 19.9 Å². The molecule has 0 aromatic heterocycles. The molecule has 1 aliphatic heterocycles. The minimum absolute atomic E-state index is 0.0490. The second kappa shape index (κ2) is 8.84. The fraction of sp³-hybridized carbons (Fsp3) is 0.182. The van der Waals surface area contributed by atoms with Crippen molar-refractivity contribution in [3.05, 3.63) is 81.2 Å². The Morgan fingerprint density at radius 1 is 1.24 bits per heavy atom. The molecule has 1 unspecified atom stereocenters. The van der Waals surface area contributed by atoms with Gasteiger partial charge in [-0.05, 0) is 42.8 Å². The molecule has 29 heavy (non-hydrogen) atoms. The molecule has 1 atom stereocenters. The van der Waals surface area contributed by atoms with E-state index in [0.717, 1.165) is 4.47 Å². The summed E-state index contributed by atoms with van der Waals surface area (Å²) in [5.41, 5.74) is 7.79. The highest BCUT2D eigenvalue weighted by molar-refractivity contribution is 9.10. The monoisotopic (exact) mass is 454 g/mol. The van der Waals surface area contributed by atoms with Crippen LogP contribution in [0.3, 0.4) is 0 Å². The number of esters is 1. The normalized spacial score (nSPS) is 16.1. The molecule has 7 heteroatoms. The van der Waals surface area contributed by atoms with Gasteiger partial charge in [-0.15, -0.1) is 0 Å². The third-order valence-electron chi connectivity index (χ3n) is 4.48. The van der Waals surface area contributed by atoms with Gasteiger partial charge in [0.2, 0.25) is 5.88 Å². The Morgan fingerprint density at radius 2 is 1.93 bits per heavy atom. The largest absolute Gasteiger partial charge is 0.497 e. The zero-order valence-corrected chi connectivity index (χ0v) is 17.5. The first-order valence-electron chi connectivity index (χ1n) is 8.89. The fourth-order valence-corrected chi connectivity index (χ4v) is 3.67. The van der Waals surface area contributed by atoms with Gasteiger partial charge in [0.1, 0.15) is 23.2 Å².